The van der Waals surface area contributed by atoms with Crippen LogP contribution in [0.4, 0.5) is 0 Å². The van der Waals surface area contributed by atoms with Crippen molar-refractivity contribution < 1.29 is 4.74 Å². The minimum absolute atomic E-state index is 0.311. The fraction of sp³-hybridized carbons (Fsp3) is 0.154. The molecule has 0 aliphatic heterocycles. The number of ether oxygens (including phenoxy) is 1. The summed E-state index contributed by atoms with van der Waals surface area (Å²) in [7, 11) is 1.58. The fourth-order valence-corrected chi connectivity index (χ4v) is 2.21. The Bertz CT molecular complexity index is 578. The number of pyridine rings is 1. The molecule has 19 heavy (non-hydrogen) atoms. The van der Waals surface area contributed by atoms with E-state index in [1.807, 2.05) is 6.07 Å². The summed E-state index contributed by atoms with van der Waals surface area (Å²) in [6.07, 6.45) is 3.32. The summed E-state index contributed by atoms with van der Waals surface area (Å²) in [4.78, 5) is 4.11. The first kappa shape index (κ1) is 14.1. The minimum Gasteiger partial charge on any atom is -0.495 e. The van der Waals surface area contributed by atoms with Crippen molar-refractivity contribution in [2.45, 2.75) is 6.04 Å². The van der Waals surface area contributed by atoms with E-state index in [2.05, 4.69) is 10.4 Å². The fourth-order valence-electron chi connectivity index (χ4n) is 1.81. The standard InChI is InChI=1S/C13H13Cl2N3O/c1-19-10-4-8(6-17-7-10)13(18-16)11-5-9(14)2-3-12(11)15/h2-7,13,18H,16H2,1H3. The summed E-state index contributed by atoms with van der Waals surface area (Å²) < 4.78 is 5.15. The first-order chi connectivity index (χ1) is 9.15. The molecule has 0 aliphatic carbocycles. The Hall–Kier alpha value is -1.33. The smallest absolute Gasteiger partial charge is 0.137 e. The van der Waals surface area contributed by atoms with E-state index in [4.69, 9.17) is 33.8 Å². The molecule has 1 aromatic carbocycles. The lowest BCUT2D eigenvalue weighted by Crippen LogP contribution is -2.29. The SMILES string of the molecule is COc1cncc(C(NN)c2cc(Cl)ccc2Cl)c1. The molecule has 4 nitrogen and oxygen atoms in total. The molecule has 0 spiro atoms. The van der Waals surface area contributed by atoms with Crippen LogP contribution in [0.5, 0.6) is 5.75 Å². The number of aromatic nitrogens is 1. The van der Waals surface area contributed by atoms with Gasteiger partial charge in [0.1, 0.15) is 5.75 Å². The normalized spacial score (nSPS) is 12.2. The molecule has 100 valence electrons. The van der Waals surface area contributed by atoms with Crippen LogP contribution in [-0.4, -0.2) is 12.1 Å². The summed E-state index contributed by atoms with van der Waals surface area (Å²) in [5.41, 5.74) is 4.34. The third kappa shape index (κ3) is 3.16. The summed E-state index contributed by atoms with van der Waals surface area (Å²) in [6.45, 7) is 0. The predicted octanol–water partition coefficient (Wildman–Crippen LogP) is 2.95. The van der Waals surface area contributed by atoms with Crippen LogP contribution in [0.25, 0.3) is 0 Å². The average Bonchev–Trinajstić information content (AvgIpc) is 2.44. The third-order valence-corrected chi connectivity index (χ3v) is 3.32. The van der Waals surface area contributed by atoms with Crippen molar-refractivity contribution in [1.29, 1.82) is 0 Å². The van der Waals surface area contributed by atoms with Gasteiger partial charge in [0, 0.05) is 16.2 Å². The van der Waals surface area contributed by atoms with Gasteiger partial charge in [0.05, 0.1) is 19.3 Å². The van der Waals surface area contributed by atoms with Crippen LogP contribution in [-0.2, 0) is 0 Å². The second-order valence-corrected chi connectivity index (χ2v) is 4.77. The predicted molar refractivity (Wildman–Crippen MR) is 76.4 cm³/mol. The van der Waals surface area contributed by atoms with Crippen molar-refractivity contribution in [3.8, 4) is 5.75 Å². The summed E-state index contributed by atoms with van der Waals surface area (Å²) in [6, 6.07) is 6.76. The molecule has 6 heteroatoms. The Morgan fingerprint density at radius 3 is 2.74 bits per heavy atom. The Balaban J connectivity index is 2.46. The van der Waals surface area contributed by atoms with Crippen LogP contribution >= 0.6 is 23.2 Å². The number of hydrogen-bond acceptors (Lipinski definition) is 4. The van der Waals surface area contributed by atoms with Crippen LogP contribution in [0.15, 0.2) is 36.7 Å². The quantitative estimate of drug-likeness (QED) is 0.673. The number of nitrogens with two attached hydrogens (primary N) is 1. The van der Waals surface area contributed by atoms with Gasteiger partial charge in [-0.15, -0.1) is 0 Å². The first-order valence-electron chi connectivity index (χ1n) is 5.55. The van der Waals surface area contributed by atoms with Crippen molar-refractivity contribution in [3.05, 3.63) is 57.8 Å². The monoisotopic (exact) mass is 297 g/mol. The van der Waals surface area contributed by atoms with E-state index in [9.17, 15) is 0 Å². The topological polar surface area (TPSA) is 60.2 Å². The number of hydrazine groups is 1. The molecule has 0 fully saturated rings. The van der Waals surface area contributed by atoms with Crippen molar-refractivity contribution in [2.75, 3.05) is 7.11 Å². The van der Waals surface area contributed by atoms with E-state index in [0.29, 0.717) is 15.8 Å². The highest BCUT2D eigenvalue weighted by Crippen LogP contribution is 2.31. The Kier molecular flexibility index (Phi) is 4.61. The van der Waals surface area contributed by atoms with Crippen LogP contribution < -0.4 is 16.0 Å². The zero-order chi connectivity index (χ0) is 13.8. The van der Waals surface area contributed by atoms with Gasteiger partial charge in [-0.3, -0.25) is 10.8 Å². The first-order valence-corrected chi connectivity index (χ1v) is 6.31. The highest BCUT2D eigenvalue weighted by atomic mass is 35.5. The molecule has 0 radical (unpaired) electrons. The van der Waals surface area contributed by atoms with Gasteiger partial charge in [0.15, 0.2) is 0 Å². The largest absolute Gasteiger partial charge is 0.495 e. The van der Waals surface area contributed by atoms with Gasteiger partial charge >= 0.3 is 0 Å². The van der Waals surface area contributed by atoms with Crippen LogP contribution in [0.1, 0.15) is 17.2 Å². The minimum atomic E-state index is -0.311. The summed E-state index contributed by atoms with van der Waals surface area (Å²) >= 11 is 12.2. The van der Waals surface area contributed by atoms with Gasteiger partial charge in [-0.25, -0.2) is 5.43 Å². The van der Waals surface area contributed by atoms with E-state index in [1.165, 1.54) is 0 Å². The highest BCUT2D eigenvalue weighted by Gasteiger charge is 2.17. The van der Waals surface area contributed by atoms with Gasteiger partial charge < -0.3 is 4.74 Å². The third-order valence-electron chi connectivity index (χ3n) is 2.74. The van der Waals surface area contributed by atoms with Crippen molar-refractivity contribution >= 4 is 23.2 Å². The van der Waals surface area contributed by atoms with Crippen LogP contribution in [0, 0.1) is 0 Å². The van der Waals surface area contributed by atoms with Gasteiger partial charge in [0.25, 0.3) is 0 Å². The number of benzene rings is 1. The molecule has 0 saturated heterocycles. The van der Waals surface area contributed by atoms with E-state index in [0.717, 1.165) is 11.1 Å². The second-order valence-electron chi connectivity index (χ2n) is 3.92. The molecule has 0 bridgehead atoms. The Morgan fingerprint density at radius 2 is 2.05 bits per heavy atom. The van der Waals surface area contributed by atoms with Crippen molar-refractivity contribution in [3.63, 3.8) is 0 Å². The van der Waals surface area contributed by atoms with Crippen molar-refractivity contribution in [2.24, 2.45) is 5.84 Å². The molecule has 0 saturated carbocycles. The van der Waals surface area contributed by atoms with E-state index >= 15 is 0 Å². The maximum absolute atomic E-state index is 6.19. The number of hydrogen-bond donors (Lipinski definition) is 2. The molecule has 1 heterocycles. The number of halogens is 2. The van der Waals surface area contributed by atoms with Gasteiger partial charge in [-0.2, -0.15) is 0 Å². The van der Waals surface area contributed by atoms with E-state index in [-0.39, 0.29) is 6.04 Å². The van der Waals surface area contributed by atoms with E-state index in [1.54, 1.807) is 37.7 Å². The molecule has 1 atom stereocenters. The summed E-state index contributed by atoms with van der Waals surface area (Å²) in [5, 5.41) is 1.17. The molecular weight excluding hydrogens is 285 g/mol. The number of rotatable bonds is 4. The molecule has 2 aromatic rings. The number of nitrogens with zero attached hydrogens (tertiary/aromatic N) is 1. The maximum atomic E-state index is 6.19. The molecule has 2 rings (SSSR count). The molecule has 0 amide bonds. The molecule has 3 N–H and O–H groups in total. The molecule has 1 aromatic heterocycles. The van der Waals surface area contributed by atoms with E-state index < -0.39 is 0 Å². The van der Waals surface area contributed by atoms with Crippen LogP contribution in [0.2, 0.25) is 10.0 Å². The molecule has 1 unspecified atom stereocenters. The Labute approximate surface area is 121 Å². The highest BCUT2D eigenvalue weighted by molar-refractivity contribution is 6.33. The lowest BCUT2D eigenvalue weighted by Gasteiger charge is -2.18. The zero-order valence-corrected chi connectivity index (χ0v) is 11.7. The van der Waals surface area contributed by atoms with Crippen molar-refractivity contribution in [1.82, 2.24) is 10.4 Å². The molecule has 0 aliphatic rings. The Morgan fingerprint density at radius 1 is 1.26 bits per heavy atom. The van der Waals surface area contributed by atoms with Gasteiger partial charge in [-0.1, -0.05) is 23.2 Å². The van der Waals surface area contributed by atoms with Gasteiger partial charge in [0.2, 0.25) is 0 Å². The number of methoxy groups -OCH3 is 1. The van der Waals surface area contributed by atoms with Crippen LogP contribution in [0.3, 0.4) is 0 Å². The lowest BCUT2D eigenvalue weighted by molar-refractivity contribution is 0.411. The average molecular weight is 298 g/mol. The number of nitrogens with one attached hydrogen (secondary N) is 1. The molecular formula is C13H13Cl2N3O. The van der Waals surface area contributed by atoms with Gasteiger partial charge in [-0.05, 0) is 35.4 Å². The lowest BCUT2D eigenvalue weighted by atomic mass is 10.0. The second kappa shape index (κ2) is 6.21. The maximum Gasteiger partial charge on any atom is 0.137 e. The zero-order valence-electron chi connectivity index (χ0n) is 10.2. The summed E-state index contributed by atoms with van der Waals surface area (Å²) in [5.74, 6) is 6.28.